The first-order chi connectivity index (χ1) is 10.4. The molecule has 0 spiro atoms. The second kappa shape index (κ2) is 7.63. The summed E-state index contributed by atoms with van der Waals surface area (Å²) in [5, 5.41) is 6.45. The van der Waals surface area contributed by atoms with Crippen LogP contribution in [0.4, 0.5) is 4.79 Å². The van der Waals surface area contributed by atoms with E-state index in [4.69, 9.17) is 4.74 Å². The van der Waals surface area contributed by atoms with Gasteiger partial charge < -0.3 is 19.9 Å². The molecule has 124 valence electrons. The fourth-order valence-corrected chi connectivity index (χ4v) is 2.52. The molecule has 0 saturated heterocycles. The van der Waals surface area contributed by atoms with Gasteiger partial charge in [-0.3, -0.25) is 0 Å². The molecule has 6 heteroatoms. The molecule has 0 radical (unpaired) electrons. The van der Waals surface area contributed by atoms with E-state index in [1.165, 1.54) is 0 Å². The van der Waals surface area contributed by atoms with E-state index in [0.29, 0.717) is 6.04 Å². The van der Waals surface area contributed by atoms with Gasteiger partial charge in [0.1, 0.15) is 5.60 Å². The van der Waals surface area contributed by atoms with E-state index in [9.17, 15) is 4.79 Å². The lowest BCUT2D eigenvalue weighted by Gasteiger charge is -2.36. The zero-order valence-electron chi connectivity index (χ0n) is 13.8. The summed E-state index contributed by atoms with van der Waals surface area (Å²) in [6, 6.07) is 0.770. The third kappa shape index (κ3) is 6.05. The highest BCUT2D eigenvalue weighted by Crippen LogP contribution is 2.20. The molecular formula is C16H28N4O2. The van der Waals surface area contributed by atoms with Crippen molar-refractivity contribution in [2.45, 2.75) is 70.7 Å². The van der Waals surface area contributed by atoms with Crippen LogP contribution in [0.25, 0.3) is 0 Å². The standard InChI is InChI=1S/C16H28N4O2/c1-16(2,3)22-15(21)19-14-10-13(11-14)18-6-4-5-8-20-9-7-17-12-20/h7,9,12-14,18H,4-6,8,10-11H2,1-3H3,(H,19,21). The molecule has 0 atom stereocenters. The number of aromatic nitrogens is 2. The van der Waals surface area contributed by atoms with Gasteiger partial charge in [0.05, 0.1) is 6.33 Å². The maximum atomic E-state index is 11.6. The first kappa shape index (κ1) is 16.8. The van der Waals surface area contributed by atoms with E-state index >= 15 is 0 Å². The number of rotatable bonds is 7. The summed E-state index contributed by atoms with van der Waals surface area (Å²) in [5.41, 5.74) is -0.430. The van der Waals surface area contributed by atoms with Gasteiger partial charge in [-0.05, 0) is 53.0 Å². The first-order valence-electron chi connectivity index (χ1n) is 8.11. The average Bonchev–Trinajstić information content (AvgIpc) is 2.85. The van der Waals surface area contributed by atoms with E-state index in [1.807, 2.05) is 39.5 Å². The zero-order valence-corrected chi connectivity index (χ0v) is 13.8. The van der Waals surface area contributed by atoms with Crippen molar-refractivity contribution in [1.82, 2.24) is 20.2 Å². The summed E-state index contributed by atoms with van der Waals surface area (Å²) in [6.07, 6.45) is 9.62. The normalized spacial score (nSPS) is 21.2. The molecule has 22 heavy (non-hydrogen) atoms. The lowest BCUT2D eigenvalue weighted by molar-refractivity contribution is 0.0465. The van der Waals surface area contributed by atoms with Crippen LogP contribution in [0.15, 0.2) is 18.7 Å². The molecule has 6 nitrogen and oxygen atoms in total. The molecule has 0 aliphatic heterocycles. The number of carbonyl (C=O) groups excluding carboxylic acids is 1. The van der Waals surface area contributed by atoms with Crippen LogP contribution in [0.3, 0.4) is 0 Å². The number of hydrogen-bond donors (Lipinski definition) is 2. The molecule has 1 heterocycles. The molecule has 0 bridgehead atoms. The molecule has 1 amide bonds. The number of nitrogens with zero attached hydrogens (tertiary/aromatic N) is 2. The third-order valence-corrected chi connectivity index (χ3v) is 3.69. The van der Waals surface area contributed by atoms with Crippen LogP contribution in [0.1, 0.15) is 46.5 Å². The van der Waals surface area contributed by atoms with Gasteiger partial charge in [-0.1, -0.05) is 0 Å². The number of amides is 1. The van der Waals surface area contributed by atoms with Crippen molar-refractivity contribution < 1.29 is 9.53 Å². The van der Waals surface area contributed by atoms with Crippen molar-refractivity contribution in [1.29, 1.82) is 0 Å². The van der Waals surface area contributed by atoms with Crippen LogP contribution in [0, 0.1) is 0 Å². The van der Waals surface area contributed by atoms with E-state index < -0.39 is 5.60 Å². The molecule has 1 aliphatic rings. The van der Waals surface area contributed by atoms with Gasteiger partial charge in [-0.25, -0.2) is 9.78 Å². The van der Waals surface area contributed by atoms with Crippen LogP contribution in [0.5, 0.6) is 0 Å². The summed E-state index contributed by atoms with van der Waals surface area (Å²) >= 11 is 0. The van der Waals surface area contributed by atoms with Gasteiger partial charge >= 0.3 is 6.09 Å². The Kier molecular flexibility index (Phi) is 5.83. The number of ether oxygens (including phenoxy) is 1. The van der Waals surface area contributed by atoms with Crippen molar-refractivity contribution in [2.24, 2.45) is 0 Å². The van der Waals surface area contributed by atoms with Crippen molar-refractivity contribution in [3.05, 3.63) is 18.7 Å². The van der Waals surface area contributed by atoms with Gasteiger partial charge in [-0.15, -0.1) is 0 Å². The van der Waals surface area contributed by atoms with Crippen LogP contribution in [-0.2, 0) is 11.3 Å². The summed E-state index contributed by atoms with van der Waals surface area (Å²) in [4.78, 5) is 15.6. The smallest absolute Gasteiger partial charge is 0.407 e. The fraction of sp³-hybridized carbons (Fsp3) is 0.750. The minimum Gasteiger partial charge on any atom is -0.444 e. The van der Waals surface area contributed by atoms with E-state index in [0.717, 1.165) is 38.8 Å². The highest BCUT2D eigenvalue weighted by Gasteiger charge is 2.30. The Labute approximate surface area is 132 Å². The quantitative estimate of drug-likeness (QED) is 0.759. The van der Waals surface area contributed by atoms with Crippen LogP contribution >= 0.6 is 0 Å². The van der Waals surface area contributed by atoms with Gasteiger partial charge in [0.2, 0.25) is 0 Å². The minimum atomic E-state index is -0.430. The Bertz CT molecular complexity index is 447. The summed E-state index contributed by atoms with van der Waals surface area (Å²) in [6.45, 7) is 7.68. The molecule has 0 unspecified atom stereocenters. The Balaban J connectivity index is 1.46. The average molecular weight is 308 g/mol. The van der Waals surface area contributed by atoms with Crippen molar-refractivity contribution >= 4 is 6.09 Å². The van der Waals surface area contributed by atoms with Crippen molar-refractivity contribution in [3.63, 3.8) is 0 Å². The third-order valence-electron chi connectivity index (χ3n) is 3.69. The molecule has 1 saturated carbocycles. The Morgan fingerprint density at radius 1 is 1.32 bits per heavy atom. The molecule has 2 rings (SSSR count). The second-order valence-corrected chi connectivity index (χ2v) is 6.97. The zero-order chi connectivity index (χ0) is 16.0. The highest BCUT2D eigenvalue weighted by atomic mass is 16.6. The molecule has 0 aromatic carbocycles. The maximum Gasteiger partial charge on any atom is 0.407 e. The lowest BCUT2D eigenvalue weighted by Crippen LogP contribution is -2.53. The van der Waals surface area contributed by atoms with E-state index in [2.05, 4.69) is 20.2 Å². The minimum absolute atomic E-state index is 0.248. The summed E-state index contributed by atoms with van der Waals surface area (Å²) < 4.78 is 7.35. The van der Waals surface area contributed by atoms with Crippen molar-refractivity contribution in [2.75, 3.05) is 6.54 Å². The SMILES string of the molecule is CC(C)(C)OC(=O)NC1CC(NCCCCn2ccnc2)C1. The maximum absolute atomic E-state index is 11.6. The number of hydrogen-bond acceptors (Lipinski definition) is 4. The molecule has 1 fully saturated rings. The molecule has 1 aliphatic carbocycles. The number of imidazole rings is 1. The fourth-order valence-electron chi connectivity index (χ4n) is 2.52. The van der Waals surface area contributed by atoms with Gasteiger partial charge in [0.15, 0.2) is 0 Å². The van der Waals surface area contributed by atoms with Gasteiger partial charge in [0, 0.05) is 31.0 Å². The number of alkyl carbamates (subject to hydrolysis) is 1. The second-order valence-electron chi connectivity index (χ2n) is 6.97. The molecule has 1 aromatic rings. The Morgan fingerprint density at radius 2 is 2.09 bits per heavy atom. The Hall–Kier alpha value is -1.56. The summed E-state index contributed by atoms with van der Waals surface area (Å²) in [5.74, 6) is 0. The Morgan fingerprint density at radius 3 is 2.73 bits per heavy atom. The van der Waals surface area contributed by atoms with Crippen molar-refractivity contribution in [3.8, 4) is 0 Å². The van der Waals surface area contributed by atoms with Crippen LogP contribution < -0.4 is 10.6 Å². The van der Waals surface area contributed by atoms with Crippen LogP contribution in [0.2, 0.25) is 0 Å². The first-order valence-corrected chi connectivity index (χ1v) is 8.11. The van der Waals surface area contributed by atoms with Gasteiger partial charge in [-0.2, -0.15) is 0 Å². The van der Waals surface area contributed by atoms with Gasteiger partial charge in [0.25, 0.3) is 0 Å². The predicted molar refractivity (Wildman–Crippen MR) is 85.6 cm³/mol. The summed E-state index contributed by atoms with van der Waals surface area (Å²) in [7, 11) is 0. The molecule has 2 N–H and O–H groups in total. The lowest BCUT2D eigenvalue weighted by atomic mass is 9.87. The topological polar surface area (TPSA) is 68.2 Å². The van der Waals surface area contributed by atoms with E-state index in [1.54, 1.807) is 0 Å². The highest BCUT2D eigenvalue weighted by molar-refractivity contribution is 5.68. The number of aryl methyl sites for hydroxylation is 1. The molecule has 1 aromatic heterocycles. The predicted octanol–water partition coefficient (Wildman–Crippen LogP) is 2.31. The van der Waals surface area contributed by atoms with E-state index in [-0.39, 0.29) is 12.1 Å². The number of nitrogens with one attached hydrogen (secondary N) is 2. The van der Waals surface area contributed by atoms with Crippen LogP contribution in [-0.4, -0.2) is 39.9 Å². The largest absolute Gasteiger partial charge is 0.444 e. The number of carbonyl (C=O) groups is 1. The monoisotopic (exact) mass is 308 g/mol. The molecular weight excluding hydrogens is 280 g/mol. The number of unbranched alkanes of at least 4 members (excludes halogenated alkanes) is 1.